The molecule has 24 aromatic rings. The fourth-order valence-electron chi connectivity index (χ4n) is 19.8. The van der Waals surface area contributed by atoms with Crippen molar-refractivity contribution in [2.24, 2.45) is 0 Å². The van der Waals surface area contributed by atoms with Gasteiger partial charge < -0.3 is 22.7 Å². The van der Waals surface area contributed by atoms with E-state index in [0.717, 1.165) is 11.2 Å². The molecule has 5 heterocycles. The van der Waals surface area contributed by atoms with Crippen LogP contribution in [0, 0.1) is 0 Å². The molecule has 0 N–H and O–H groups in total. The van der Waals surface area contributed by atoms with Crippen LogP contribution in [0.2, 0.25) is 0 Å². The molecular weight excluding hydrogens is 1680 g/mol. The van der Waals surface area contributed by atoms with E-state index in [4.69, 9.17) is 4.42 Å². The number of hydrogen-bond donors (Lipinski definition) is 0. The van der Waals surface area contributed by atoms with Gasteiger partial charge in [0.2, 0.25) is 0 Å². The Hall–Kier alpha value is -15.8. The molecule has 0 spiro atoms. The summed E-state index contributed by atoms with van der Waals surface area (Å²) in [6.07, 6.45) is 0. The molecule has 0 aliphatic heterocycles. The van der Waals surface area contributed by atoms with Crippen LogP contribution >= 0.6 is 0 Å². The molecule has 0 unspecified atom stereocenters. The van der Waals surface area contributed by atoms with E-state index in [-0.39, 0.29) is 27.1 Å². The number of nitrogens with zero attached hydrogens (tertiary/aromatic N) is 4. The third-order valence-electron chi connectivity index (χ3n) is 27.5. The van der Waals surface area contributed by atoms with Crippen LogP contribution in [0.5, 0.6) is 0 Å². The second-order valence-electron chi connectivity index (χ2n) is 42.1. The van der Waals surface area contributed by atoms with E-state index in [2.05, 4.69) is 565 Å². The Morgan fingerprint density at radius 1 is 0.137 bits per heavy atom. The molecule has 5 heteroatoms. The zero-order chi connectivity index (χ0) is 96.1. The first-order valence-corrected chi connectivity index (χ1v) is 48.9. The summed E-state index contributed by atoms with van der Waals surface area (Å²) in [7, 11) is 0. The highest BCUT2D eigenvalue weighted by Gasteiger charge is 2.24. The topological polar surface area (TPSA) is 32.9 Å². The molecule has 682 valence electrons. The third-order valence-corrected chi connectivity index (χ3v) is 27.5. The Kier molecular flexibility index (Phi) is 24.4. The highest BCUT2D eigenvalue weighted by Crippen LogP contribution is 2.44. The minimum Gasteiger partial charge on any atom is -0.456 e. The Balaban J connectivity index is 0.000000107. The van der Waals surface area contributed by atoms with Gasteiger partial charge in [0.15, 0.2) is 0 Å². The van der Waals surface area contributed by atoms with Crippen molar-refractivity contribution < 1.29 is 4.42 Å². The molecule has 19 aromatic carbocycles. The predicted octanol–water partition coefficient (Wildman–Crippen LogP) is 37.5. The lowest BCUT2D eigenvalue weighted by atomic mass is 9.85. The minimum atomic E-state index is 0.138. The van der Waals surface area contributed by atoms with Crippen LogP contribution in [0.3, 0.4) is 0 Å². The van der Waals surface area contributed by atoms with Crippen LogP contribution in [0.4, 0.5) is 0 Å². The van der Waals surface area contributed by atoms with Gasteiger partial charge in [0, 0.05) is 76.6 Å². The van der Waals surface area contributed by atoms with Crippen molar-refractivity contribution in [2.75, 3.05) is 0 Å². The highest BCUT2D eigenvalue weighted by atomic mass is 16.3. The summed E-state index contributed by atoms with van der Waals surface area (Å²) in [4.78, 5) is 0. The normalized spacial score (nSPS) is 12.0. The summed E-state index contributed by atoms with van der Waals surface area (Å²) in [6, 6.07) is 164. The molecule has 0 saturated heterocycles. The van der Waals surface area contributed by atoms with Crippen molar-refractivity contribution in [1.82, 2.24) is 18.3 Å². The van der Waals surface area contributed by atoms with Gasteiger partial charge in [0.05, 0.1) is 44.1 Å². The Labute approximate surface area is 818 Å². The standard InChI is InChI=1S/4C28H25N.C22H20O/c1-28(2,3)22-11-9-10-20(18-22)21-16-17-27-25(19-21)24-14-7-8-15-26(24)29(27)23-12-5-4-6-13-23;1-28(2,3)22-11-9-10-20(18-22)21-16-17-25-24-14-7-8-15-26(24)29(27(25)19-21)23-12-5-4-6-13-23;1-28(2,3)22-16-13-20(14-17-22)21-15-18-27-25(19-21)24-11-7-8-12-26(24)29(27)23-9-5-4-6-10-23;1-28(2,3)22-16-13-20(14-17-22)21-15-18-25-24-11-7-8-12-26(24)29(27(25)19-21)23-9-5-4-6-10-23;1-22(2,3)17-8-6-7-15(13-17)16-11-12-21-19(14-16)18-9-4-5-10-20(18)23-21/h4*4-19H,1-3H3;4-14H,1-3H3. The number of rotatable bonds is 9. The second-order valence-corrected chi connectivity index (χ2v) is 42.1. The summed E-state index contributed by atoms with van der Waals surface area (Å²) in [5.41, 5.74) is 36.8. The lowest BCUT2D eigenvalue weighted by Gasteiger charge is -2.20. The van der Waals surface area contributed by atoms with Crippen molar-refractivity contribution in [3.63, 3.8) is 0 Å². The second kappa shape index (κ2) is 37.3. The summed E-state index contributed by atoms with van der Waals surface area (Å²) < 4.78 is 15.4. The van der Waals surface area contributed by atoms with Crippen molar-refractivity contribution >= 4 is 109 Å². The van der Waals surface area contributed by atoms with Crippen molar-refractivity contribution in [2.45, 2.75) is 131 Å². The van der Waals surface area contributed by atoms with E-state index >= 15 is 0 Å². The Morgan fingerprint density at radius 2 is 0.367 bits per heavy atom. The number of furan rings is 1. The number of benzene rings is 19. The van der Waals surface area contributed by atoms with Crippen LogP contribution < -0.4 is 0 Å². The van der Waals surface area contributed by atoms with E-state index in [1.165, 1.54) is 204 Å². The fraction of sp³-hybridized carbons (Fsp3) is 0.149. The van der Waals surface area contributed by atoms with E-state index in [9.17, 15) is 0 Å². The van der Waals surface area contributed by atoms with Crippen LogP contribution in [-0.2, 0) is 27.1 Å². The van der Waals surface area contributed by atoms with Gasteiger partial charge in [-0.2, -0.15) is 0 Å². The highest BCUT2D eigenvalue weighted by molar-refractivity contribution is 6.14. The molecule has 0 atom stereocenters. The van der Waals surface area contributed by atoms with Gasteiger partial charge in [0.1, 0.15) is 11.2 Å². The van der Waals surface area contributed by atoms with E-state index in [1.54, 1.807) is 0 Å². The first-order chi connectivity index (χ1) is 67.1. The predicted molar refractivity (Wildman–Crippen MR) is 598 cm³/mol. The molecule has 139 heavy (non-hydrogen) atoms. The molecular formula is C134H120N4O. The first kappa shape index (κ1) is 91.0. The van der Waals surface area contributed by atoms with Gasteiger partial charge >= 0.3 is 0 Å². The summed E-state index contributed by atoms with van der Waals surface area (Å²) >= 11 is 0. The number of para-hydroxylation sites is 9. The largest absolute Gasteiger partial charge is 0.456 e. The Morgan fingerprint density at radius 3 is 0.712 bits per heavy atom. The molecule has 5 nitrogen and oxygen atoms in total. The molecule has 0 fully saturated rings. The van der Waals surface area contributed by atoms with Crippen LogP contribution in [0.15, 0.2) is 459 Å². The summed E-state index contributed by atoms with van der Waals surface area (Å²) in [6.45, 7) is 33.9. The average molecular weight is 1800 g/mol. The quantitative estimate of drug-likeness (QED) is 0.142. The molecule has 0 radical (unpaired) electrons. The first-order valence-electron chi connectivity index (χ1n) is 48.9. The number of aromatic nitrogens is 4. The molecule has 0 saturated carbocycles. The Bertz CT molecular complexity index is 8570. The molecule has 0 bridgehead atoms. The fourth-order valence-corrected chi connectivity index (χ4v) is 19.8. The number of fused-ring (bicyclic) bond motifs is 15. The molecule has 0 aliphatic rings. The maximum Gasteiger partial charge on any atom is 0.135 e. The van der Waals surface area contributed by atoms with E-state index in [1.807, 2.05) is 12.1 Å². The third kappa shape index (κ3) is 18.6. The van der Waals surface area contributed by atoms with Gasteiger partial charge in [-0.1, -0.05) is 431 Å². The van der Waals surface area contributed by atoms with Gasteiger partial charge in [-0.3, -0.25) is 0 Å². The molecule has 0 aliphatic carbocycles. The lowest BCUT2D eigenvalue weighted by Crippen LogP contribution is -2.10. The van der Waals surface area contributed by atoms with Gasteiger partial charge in [-0.05, 0) is 238 Å². The van der Waals surface area contributed by atoms with Gasteiger partial charge in [-0.25, -0.2) is 0 Å². The monoisotopic (exact) mass is 1800 g/mol. The smallest absolute Gasteiger partial charge is 0.135 e. The average Bonchev–Trinajstić information content (AvgIpc) is 1.62. The summed E-state index contributed by atoms with van der Waals surface area (Å²) in [5.74, 6) is 0. The number of hydrogen-bond acceptors (Lipinski definition) is 1. The maximum absolute atomic E-state index is 5.92. The van der Waals surface area contributed by atoms with Crippen molar-refractivity contribution in [3.05, 3.63) is 483 Å². The van der Waals surface area contributed by atoms with Crippen LogP contribution in [0.25, 0.3) is 188 Å². The zero-order valence-electron chi connectivity index (χ0n) is 82.5. The van der Waals surface area contributed by atoms with E-state index in [0.29, 0.717) is 0 Å². The van der Waals surface area contributed by atoms with Gasteiger partial charge in [-0.15, -0.1) is 0 Å². The minimum absolute atomic E-state index is 0.138. The van der Waals surface area contributed by atoms with Crippen molar-refractivity contribution in [3.8, 4) is 78.4 Å². The summed E-state index contributed by atoms with van der Waals surface area (Å²) in [5, 5.41) is 12.7. The van der Waals surface area contributed by atoms with Crippen LogP contribution in [-0.4, -0.2) is 18.3 Å². The SMILES string of the molecule is CC(C)(C)c1ccc(-c2ccc3c(c2)c2ccccc2n3-c2ccccc2)cc1.CC(C)(C)c1ccc(-c2ccc3c4ccccc4n(-c4ccccc4)c3c2)cc1.CC(C)(C)c1cccc(-c2ccc3c(c2)c2ccccc2n3-c2ccccc2)c1.CC(C)(C)c1cccc(-c2ccc3c4ccccc4n(-c4ccccc4)c3c2)c1.CC(C)(C)c1cccc(-c2ccc3oc4ccccc4c3c2)c1. The maximum atomic E-state index is 5.92. The molecule has 24 rings (SSSR count). The van der Waals surface area contributed by atoms with Crippen molar-refractivity contribution in [1.29, 1.82) is 0 Å². The van der Waals surface area contributed by atoms with Crippen LogP contribution in [0.1, 0.15) is 132 Å². The molecule has 0 amide bonds. The zero-order valence-corrected chi connectivity index (χ0v) is 82.5. The molecule has 5 aromatic heterocycles. The lowest BCUT2D eigenvalue weighted by molar-refractivity contribution is 0.590. The van der Waals surface area contributed by atoms with E-state index < -0.39 is 0 Å². The van der Waals surface area contributed by atoms with Gasteiger partial charge in [0.25, 0.3) is 0 Å².